The summed E-state index contributed by atoms with van der Waals surface area (Å²) >= 11 is 0. The zero-order valence-corrected chi connectivity index (χ0v) is 15.6. The quantitative estimate of drug-likeness (QED) is 0.436. The maximum absolute atomic E-state index is 5.74. The Morgan fingerprint density at radius 3 is 2.38 bits per heavy atom. The van der Waals surface area contributed by atoms with E-state index in [-0.39, 0.29) is 0 Å². The van der Waals surface area contributed by atoms with Crippen molar-refractivity contribution in [2.24, 2.45) is 5.73 Å². The Morgan fingerprint density at radius 2 is 1.62 bits per heavy atom. The number of rotatable bonds is 5. The second kappa shape index (κ2) is 6.97. The van der Waals surface area contributed by atoms with E-state index in [4.69, 9.17) is 5.73 Å². The fourth-order valence-electron chi connectivity index (χ4n) is 4.06. The van der Waals surface area contributed by atoms with Gasteiger partial charge in [-0.25, -0.2) is 0 Å². The molecule has 0 aliphatic carbocycles. The SMILES string of the molecule is Cc1cc(C)cc(-c2[nH]c3c(ccc4ccccc43)c2CCCCN)c1. The monoisotopic (exact) mass is 342 g/mol. The smallest absolute Gasteiger partial charge is 0.0541 e. The number of nitrogens with one attached hydrogen (secondary N) is 1. The third kappa shape index (κ3) is 3.02. The van der Waals surface area contributed by atoms with Crippen LogP contribution in [0.2, 0.25) is 0 Å². The normalized spacial score (nSPS) is 11.5. The molecule has 3 aromatic carbocycles. The minimum atomic E-state index is 0.754. The van der Waals surface area contributed by atoms with Crippen LogP contribution in [-0.2, 0) is 6.42 Å². The van der Waals surface area contributed by atoms with E-state index in [1.807, 2.05) is 0 Å². The summed E-state index contributed by atoms with van der Waals surface area (Å²) in [6, 6.07) is 19.9. The average Bonchev–Trinajstić information content (AvgIpc) is 3.00. The van der Waals surface area contributed by atoms with Crippen LogP contribution in [0.25, 0.3) is 32.9 Å². The van der Waals surface area contributed by atoms with Crippen LogP contribution in [0.5, 0.6) is 0 Å². The van der Waals surface area contributed by atoms with Gasteiger partial charge in [0.1, 0.15) is 0 Å². The molecule has 0 aliphatic heterocycles. The van der Waals surface area contributed by atoms with Crippen molar-refractivity contribution >= 4 is 21.7 Å². The lowest BCUT2D eigenvalue weighted by atomic mass is 9.97. The van der Waals surface area contributed by atoms with Crippen molar-refractivity contribution in [2.75, 3.05) is 6.54 Å². The van der Waals surface area contributed by atoms with E-state index >= 15 is 0 Å². The van der Waals surface area contributed by atoms with Gasteiger partial charge in [-0.1, -0.05) is 53.6 Å². The van der Waals surface area contributed by atoms with Gasteiger partial charge in [-0.15, -0.1) is 0 Å². The molecule has 1 heterocycles. The number of nitrogens with two attached hydrogens (primary N) is 1. The first-order valence-electron chi connectivity index (χ1n) is 9.48. The van der Waals surface area contributed by atoms with E-state index in [1.54, 1.807) is 0 Å². The number of hydrogen-bond acceptors (Lipinski definition) is 1. The lowest BCUT2D eigenvalue weighted by Crippen LogP contribution is -1.99. The third-order valence-corrected chi connectivity index (χ3v) is 5.20. The first kappa shape index (κ1) is 16.9. The molecule has 132 valence electrons. The van der Waals surface area contributed by atoms with Gasteiger partial charge in [0.15, 0.2) is 0 Å². The summed E-state index contributed by atoms with van der Waals surface area (Å²) in [6.07, 6.45) is 3.23. The fourth-order valence-corrected chi connectivity index (χ4v) is 4.06. The Balaban J connectivity index is 1.97. The molecule has 0 amide bonds. The van der Waals surface area contributed by atoms with Gasteiger partial charge >= 0.3 is 0 Å². The zero-order valence-electron chi connectivity index (χ0n) is 15.6. The molecule has 2 heteroatoms. The van der Waals surface area contributed by atoms with Crippen molar-refractivity contribution in [2.45, 2.75) is 33.1 Å². The lowest BCUT2D eigenvalue weighted by Gasteiger charge is -2.08. The largest absolute Gasteiger partial charge is 0.354 e. The van der Waals surface area contributed by atoms with Gasteiger partial charge in [-0.2, -0.15) is 0 Å². The number of benzene rings is 3. The van der Waals surface area contributed by atoms with E-state index in [0.717, 1.165) is 25.8 Å². The molecule has 3 N–H and O–H groups in total. The Morgan fingerprint density at radius 1 is 0.846 bits per heavy atom. The van der Waals surface area contributed by atoms with Gasteiger partial charge < -0.3 is 10.7 Å². The molecular weight excluding hydrogens is 316 g/mol. The van der Waals surface area contributed by atoms with Gasteiger partial charge in [0.2, 0.25) is 0 Å². The summed E-state index contributed by atoms with van der Waals surface area (Å²) in [5, 5.41) is 3.91. The van der Waals surface area contributed by atoms with Gasteiger partial charge in [-0.3, -0.25) is 0 Å². The number of aromatic amines is 1. The average molecular weight is 342 g/mol. The molecule has 26 heavy (non-hydrogen) atoms. The van der Waals surface area contributed by atoms with E-state index in [0.29, 0.717) is 0 Å². The summed E-state index contributed by atoms with van der Waals surface area (Å²) in [7, 11) is 0. The summed E-state index contributed by atoms with van der Waals surface area (Å²) in [5.41, 5.74) is 13.6. The Hall–Kier alpha value is -2.58. The molecule has 0 saturated carbocycles. The number of hydrogen-bond donors (Lipinski definition) is 2. The molecule has 0 saturated heterocycles. The predicted octanol–water partition coefficient (Wildman–Crippen LogP) is 5.89. The summed E-state index contributed by atoms with van der Waals surface area (Å²) < 4.78 is 0. The highest BCUT2D eigenvalue weighted by Gasteiger charge is 2.15. The number of unbranched alkanes of at least 4 members (excludes halogenated alkanes) is 1. The van der Waals surface area contributed by atoms with Crippen LogP contribution < -0.4 is 5.73 Å². The van der Waals surface area contributed by atoms with Gasteiger partial charge in [-0.05, 0) is 68.3 Å². The Labute approximate surface area is 155 Å². The number of fused-ring (bicyclic) bond motifs is 3. The summed E-state index contributed by atoms with van der Waals surface area (Å²) in [4.78, 5) is 3.77. The minimum Gasteiger partial charge on any atom is -0.354 e. The van der Waals surface area contributed by atoms with Crippen LogP contribution in [0.15, 0.2) is 54.6 Å². The van der Waals surface area contributed by atoms with Crippen LogP contribution in [-0.4, -0.2) is 11.5 Å². The maximum Gasteiger partial charge on any atom is 0.0541 e. The molecule has 1 aromatic heterocycles. The van der Waals surface area contributed by atoms with Crippen LogP contribution in [0.4, 0.5) is 0 Å². The molecule has 4 rings (SSSR count). The van der Waals surface area contributed by atoms with Crippen molar-refractivity contribution in [3.63, 3.8) is 0 Å². The maximum atomic E-state index is 5.74. The Bertz CT molecular complexity index is 1050. The fraction of sp³-hybridized carbons (Fsp3) is 0.250. The third-order valence-electron chi connectivity index (χ3n) is 5.20. The van der Waals surface area contributed by atoms with E-state index in [1.165, 1.54) is 49.6 Å². The first-order chi connectivity index (χ1) is 12.7. The van der Waals surface area contributed by atoms with Crippen molar-refractivity contribution in [1.82, 2.24) is 4.98 Å². The number of aromatic nitrogens is 1. The minimum absolute atomic E-state index is 0.754. The zero-order chi connectivity index (χ0) is 18.1. The second-order valence-electron chi connectivity index (χ2n) is 7.31. The van der Waals surface area contributed by atoms with Gasteiger partial charge in [0.05, 0.1) is 5.52 Å². The topological polar surface area (TPSA) is 41.8 Å². The molecule has 0 unspecified atom stereocenters. The molecule has 0 fully saturated rings. The predicted molar refractivity (Wildman–Crippen MR) is 113 cm³/mol. The van der Waals surface area contributed by atoms with Gasteiger partial charge in [0, 0.05) is 16.5 Å². The molecule has 0 radical (unpaired) electrons. The van der Waals surface area contributed by atoms with Crippen molar-refractivity contribution in [3.05, 3.63) is 71.3 Å². The summed E-state index contributed by atoms with van der Waals surface area (Å²) in [5.74, 6) is 0. The van der Waals surface area contributed by atoms with E-state index in [2.05, 4.69) is 73.4 Å². The van der Waals surface area contributed by atoms with E-state index in [9.17, 15) is 0 Å². The van der Waals surface area contributed by atoms with Crippen LogP contribution in [0, 0.1) is 13.8 Å². The second-order valence-corrected chi connectivity index (χ2v) is 7.31. The first-order valence-corrected chi connectivity index (χ1v) is 9.48. The van der Waals surface area contributed by atoms with Crippen LogP contribution in [0.3, 0.4) is 0 Å². The van der Waals surface area contributed by atoms with Crippen LogP contribution >= 0.6 is 0 Å². The molecule has 0 aliphatic rings. The molecule has 2 nitrogen and oxygen atoms in total. The van der Waals surface area contributed by atoms with E-state index < -0.39 is 0 Å². The standard InChI is InChI=1S/C24H26N2/c1-16-13-17(2)15-19(14-16)23-21(9-5-6-12-25)22-11-10-18-7-3-4-8-20(18)24(22)26-23/h3-4,7-8,10-11,13-15,26H,5-6,9,12,25H2,1-2H3. The Kier molecular flexibility index (Phi) is 4.52. The highest BCUT2D eigenvalue weighted by atomic mass is 14.7. The van der Waals surface area contributed by atoms with Crippen molar-refractivity contribution < 1.29 is 0 Å². The number of H-pyrrole nitrogens is 1. The molecular formula is C24H26N2. The van der Waals surface area contributed by atoms with Gasteiger partial charge in [0.25, 0.3) is 0 Å². The highest BCUT2D eigenvalue weighted by molar-refractivity contribution is 6.08. The molecule has 0 bridgehead atoms. The highest BCUT2D eigenvalue weighted by Crippen LogP contribution is 2.35. The summed E-state index contributed by atoms with van der Waals surface area (Å²) in [6.45, 7) is 5.09. The molecule has 0 atom stereocenters. The van der Waals surface area contributed by atoms with Crippen molar-refractivity contribution in [1.29, 1.82) is 0 Å². The number of aryl methyl sites for hydroxylation is 3. The lowest BCUT2D eigenvalue weighted by molar-refractivity contribution is 0.748. The van der Waals surface area contributed by atoms with Crippen molar-refractivity contribution in [3.8, 4) is 11.3 Å². The molecule has 4 aromatic rings. The molecule has 0 spiro atoms. The van der Waals surface area contributed by atoms with Crippen LogP contribution in [0.1, 0.15) is 29.5 Å².